The van der Waals surface area contributed by atoms with E-state index >= 15 is 0 Å². The zero-order valence-electron chi connectivity index (χ0n) is 15.7. The van der Waals surface area contributed by atoms with Crippen LogP contribution in [0.3, 0.4) is 0 Å². The quantitative estimate of drug-likeness (QED) is 0.500. The van der Waals surface area contributed by atoms with Crippen LogP contribution in [-0.4, -0.2) is 25.9 Å². The fourth-order valence-corrected chi connectivity index (χ4v) is 2.75. The zero-order valence-corrected chi connectivity index (χ0v) is 15.7. The summed E-state index contributed by atoms with van der Waals surface area (Å²) in [5, 5.41) is 14.5. The van der Waals surface area contributed by atoms with Crippen molar-refractivity contribution in [2.45, 2.75) is 6.18 Å². The minimum Gasteiger partial charge on any atom is -0.438 e. The molecule has 10 heteroatoms. The Bertz CT molecular complexity index is 1180. The number of amides is 1. The third-order valence-electron chi connectivity index (χ3n) is 4.18. The van der Waals surface area contributed by atoms with Crippen LogP contribution in [0.25, 0.3) is 5.82 Å². The van der Waals surface area contributed by atoms with Gasteiger partial charge in [-0.1, -0.05) is 12.1 Å². The third-order valence-corrected chi connectivity index (χ3v) is 4.18. The first-order chi connectivity index (χ1) is 14.9. The number of benzene rings is 2. The van der Waals surface area contributed by atoms with Crippen molar-refractivity contribution in [2.24, 2.45) is 0 Å². The molecule has 0 radical (unpaired) electrons. The lowest BCUT2D eigenvalue weighted by atomic mass is 10.1. The normalized spacial score (nSPS) is 11.2. The highest BCUT2D eigenvalue weighted by Crippen LogP contribution is 2.32. The monoisotopic (exact) mass is 425 g/mol. The summed E-state index contributed by atoms with van der Waals surface area (Å²) < 4.78 is 46.4. The largest absolute Gasteiger partial charge is 0.438 e. The summed E-state index contributed by atoms with van der Waals surface area (Å²) in [6.07, 6.45) is -1.28. The molecule has 7 nitrogen and oxygen atoms in total. The van der Waals surface area contributed by atoms with E-state index in [0.29, 0.717) is 17.3 Å². The summed E-state index contributed by atoms with van der Waals surface area (Å²) in [6.45, 7) is 0. The molecule has 4 rings (SSSR count). The van der Waals surface area contributed by atoms with E-state index in [-0.39, 0.29) is 5.88 Å². The fourth-order valence-electron chi connectivity index (χ4n) is 2.75. The molecular weight excluding hydrogens is 411 g/mol. The Morgan fingerprint density at radius 2 is 1.71 bits per heavy atom. The second-order valence-corrected chi connectivity index (χ2v) is 6.30. The number of nitrogens with one attached hydrogen (secondary N) is 1. The van der Waals surface area contributed by atoms with E-state index in [4.69, 9.17) is 4.74 Å². The van der Waals surface area contributed by atoms with Crippen LogP contribution in [-0.2, 0) is 6.18 Å². The van der Waals surface area contributed by atoms with Gasteiger partial charge in [0.05, 0.1) is 11.1 Å². The van der Waals surface area contributed by atoms with Crippen molar-refractivity contribution in [3.05, 3.63) is 90.3 Å². The average Bonchev–Trinajstić information content (AvgIpc) is 3.30. The van der Waals surface area contributed by atoms with Crippen LogP contribution in [0.5, 0.6) is 11.6 Å². The van der Waals surface area contributed by atoms with E-state index in [9.17, 15) is 18.0 Å². The highest BCUT2D eigenvalue weighted by Gasteiger charge is 2.34. The minimum absolute atomic E-state index is 0.242. The van der Waals surface area contributed by atoms with Crippen molar-refractivity contribution < 1.29 is 22.7 Å². The van der Waals surface area contributed by atoms with Crippen molar-refractivity contribution in [3.63, 3.8) is 0 Å². The summed E-state index contributed by atoms with van der Waals surface area (Å²) in [5.74, 6) is 0.317. The maximum atomic E-state index is 13.1. The van der Waals surface area contributed by atoms with Gasteiger partial charge in [-0.3, -0.25) is 4.79 Å². The molecule has 156 valence electrons. The van der Waals surface area contributed by atoms with Crippen LogP contribution in [0.1, 0.15) is 15.9 Å². The number of rotatable bonds is 5. The molecule has 2 aromatic carbocycles. The SMILES string of the molecule is O=C(Nc1ccc(Oc2ccc(-n3cccn3)nn2)cc1)c1ccccc1C(F)(F)F. The lowest BCUT2D eigenvalue weighted by molar-refractivity contribution is -0.137. The Labute approximate surface area is 174 Å². The molecule has 1 N–H and O–H groups in total. The van der Waals surface area contributed by atoms with Gasteiger partial charge in [0.25, 0.3) is 5.91 Å². The Kier molecular flexibility index (Phi) is 5.35. The van der Waals surface area contributed by atoms with Gasteiger partial charge in [0, 0.05) is 24.1 Å². The number of hydrogen-bond donors (Lipinski definition) is 1. The molecule has 4 aromatic rings. The Morgan fingerprint density at radius 1 is 0.935 bits per heavy atom. The van der Waals surface area contributed by atoms with Crippen molar-refractivity contribution in [1.29, 1.82) is 0 Å². The van der Waals surface area contributed by atoms with Gasteiger partial charge in [-0.25, -0.2) is 4.68 Å². The molecule has 2 heterocycles. The molecule has 0 aliphatic heterocycles. The van der Waals surface area contributed by atoms with Gasteiger partial charge in [0.1, 0.15) is 5.75 Å². The van der Waals surface area contributed by atoms with Gasteiger partial charge >= 0.3 is 6.18 Å². The Morgan fingerprint density at radius 3 is 2.35 bits per heavy atom. The molecule has 0 unspecified atom stereocenters. The second kappa shape index (κ2) is 8.27. The van der Waals surface area contributed by atoms with Gasteiger partial charge in [-0.15, -0.1) is 10.2 Å². The molecule has 0 spiro atoms. The van der Waals surface area contributed by atoms with Crippen LogP contribution < -0.4 is 10.1 Å². The van der Waals surface area contributed by atoms with Gasteiger partial charge in [0.2, 0.25) is 5.88 Å². The first kappa shape index (κ1) is 20.1. The average molecular weight is 425 g/mol. The number of anilines is 1. The summed E-state index contributed by atoms with van der Waals surface area (Å²) in [6, 6.07) is 15.8. The predicted octanol–water partition coefficient (Wildman–Crippen LogP) is 4.73. The predicted molar refractivity (Wildman–Crippen MR) is 105 cm³/mol. The molecule has 0 atom stereocenters. The maximum Gasteiger partial charge on any atom is 0.417 e. The second-order valence-electron chi connectivity index (χ2n) is 6.30. The van der Waals surface area contributed by atoms with Crippen molar-refractivity contribution in [1.82, 2.24) is 20.0 Å². The maximum absolute atomic E-state index is 13.1. The summed E-state index contributed by atoms with van der Waals surface area (Å²) in [5.41, 5.74) is -1.14. The van der Waals surface area contributed by atoms with Gasteiger partial charge in [-0.2, -0.15) is 18.3 Å². The van der Waals surface area contributed by atoms with Crippen LogP contribution in [0, 0.1) is 0 Å². The van der Waals surface area contributed by atoms with E-state index < -0.39 is 23.2 Å². The number of halogens is 3. The summed E-state index contributed by atoms with van der Waals surface area (Å²) >= 11 is 0. The number of ether oxygens (including phenoxy) is 1. The molecule has 31 heavy (non-hydrogen) atoms. The number of hydrogen-bond acceptors (Lipinski definition) is 5. The van der Waals surface area contributed by atoms with Crippen molar-refractivity contribution >= 4 is 11.6 Å². The topological polar surface area (TPSA) is 81.9 Å². The Balaban J connectivity index is 1.43. The molecule has 0 saturated carbocycles. The van der Waals surface area contributed by atoms with Crippen LogP contribution in [0.15, 0.2) is 79.1 Å². The minimum atomic E-state index is -4.63. The molecule has 0 bridgehead atoms. The first-order valence-corrected chi connectivity index (χ1v) is 8.99. The van der Waals surface area contributed by atoms with Crippen LogP contribution in [0.4, 0.5) is 18.9 Å². The summed E-state index contributed by atoms with van der Waals surface area (Å²) in [4.78, 5) is 12.3. The van der Waals surface area contributed by atoms with E-state index in [1.54, 1.807) is 47.4 Å². The zero-order chi connectivity index (χ0) is 21.8. The van der Waals surface area contributed by atoms with Crippen molar-refractivity contribution in [3.8, 4) is 17.4 Å². The van der Waals surface area contributed by atoms with E-state index in [1.165, 1.54) is 24.3 Å². The van der Waals surface area contributed by atoms with Crippen molar-refractivity contribution in [2.75, 3.05) is 5.32 Å². The Hall–Kier alpha value is -4.21. The van der Waals surface area contributed by atoms with Crippen LogP contribution >= 0.6 is 0 Å². The molecule has 2 aromatic heterocycles. The van der Waals surface area contributed by atoms with Gasteiger partial charge < -0.3 is 10.1 Å². The first-order valence-electron chi connectivity index (χ1n) is 8.99. The smallest absolute Gasteiger partial charge is 0.417 e. The third kappa shape index (κ3) is 4.69. The lowest BCUT2D eigenvalue weighted by Gasteiger charge is -2.13. The molecular formula is C21H14F3N5O2. The fraction of sp³-hybridized carbons (Fsp3) is 0.0476. The molecule has 0 aliphatic rings. The van der Waals surface area contributed by atoms with Crippen LogP contribution in [0.2, 0.25) is 0 Å². The molecule has 0 fully saturated rings. The molecule has 1 amide bonds. The van der Waals surface area contributed by atoms with Gasteiger partial charge in [0.15, 0.2) is 5.82 Å². The summed E-state index contributed by atoms with van der Waals surface area (Å²) in [7, 11) is 0. The number of nitrogens with zero attached hydrogens (tertiary/aromatic N) is 4. The number of alkyl halides is 3. The number of carbonyl (C=O) groups excluding carboxylic acids is 1. The van der Waals surface area contributed by atoms with Gasteiger partial charge in [-0.05, 0) is 48.5 Å². The molecule has 0 saturated heterocycles. The van der Waals surface area contributed by atoms with E-state index in [2.05, 4.69) is 20.6 Å². The molecule has 0 aliphatic carbocycles. The van der Waals surface area contributed by atoms with E-state index in [1.807, 2.05) is 0 Å². The standard InChI is InChI=1S/C21H14F3N5O2/c22-21(23,24)17-5-2-1-4-16(17)20(30)26-14-6-8-15(9-7-14)31-19-11-10-18(27-28-19)29-13-3-12-25-29/h1-13H,(H,26,30). The number of aromatic nitrogens is 4. The highest BCUT2D eigenvalue weighted by molar-refractivity contribution is 6.05. The lowest BCUT2D eigenvalue weighted by Crippen LogP contribution is -2.18. The number of carbonyl (C=O) groups is 1. The highest BCUT2D eigenvalue weighted by atomic mass is 19.4. The van der Waals surface area contributed by atoms with E-state index in [0.717, 1.165) is 12.1 Å².